The zero-order valence-electron chi connectivity index (χ0n) is 11.9. The first-order valence-electron chi connectivity index (χ1n) is 6.47. The zero-order valence-corrected chi connectivity index (χ0v) is 13.5. The predicted molar refractivity (Wildman–Crippen MR) is 89.4 cm³/mol. The van der Waals surface area contributed by atoms with Gasteiger partial charge in [-0.15, -0.1) is 0 Å². The van der Waals surface area contributed by atoms with Gasteiger partial charge in [0.2, 0.25) is 0 Å². The van der Waals surface area contributed by atoms with Crippen molar-refractivity contribution in [3.05, 3.63) is 46.1 Å². The summed E-state index contributed by atoms with van der Waals surface area (Å²) in [6, 6.07) is 5.40. The molecule has 0 saturated carbocycles. The summed E-state index contributed by atoms with van der Waals surface area (Å²) in [5.41, 5.74) is 10.5. The molecule has 0 radical (unpaired) electrons. The fourth-order valence-electron chi connectivity index (χ4n) is 2.00. The lowest BCUT2D eigenvalue weighted by Crippen LogP contribution is -2.24. The van der Waals surface area contributed by atoms with Crippen LogP contribution in [-0.2, 0) is 6.54 Å². The van der Waals surface area contributed by atoms with Crippen molar-refractivity contribution in [1.29, 1.82) is 0 Å². The quantitative estimate of drug-likeness (QED) is 0.496. The van der Waals surface area contributed by atoms with Gasteiger partial charge in [-0.25, -0.2) is 10.2 Å². The molecular formula is C15H17BrN4O. The molecule has 5 nitrogen and oxygen atoms in total. The van der Waals surface area contributed by atoms with Gasteiger partial charge < -0.3 is 10.3 Å². The minimum atomic E-state index is -0.680. The van der Waals surface area contributed by atoms with Gasteiger partial charge in [0.05, 0.1) is 6.21 Å². The van der Waals surface area contributed by atoms with E-state index in [0.29, 0.717) is 0 Å². The van der Waals surface area contributed by atoms with Crippen LogP contribution in [0.5, 0.6) is 0 Å². The molecular weight excluding hydrogens is 332 g/mol. The Balaban J connectivity index is 2.44. The number of nitrogens with one attached hydrogen (secondary N) is 1. The maximum atomic E-state index is 10.7. The molecule has 0 spiro atoms. The van der Waals surface area contributed by atoms with E-state index in [1.807, 2.05) is 18.3 Å². The minimum absolute atomic E-state index is 0.680. The first kappa shape index (κ1) is 15.3. The van der Waals surface area contributed by atoms with Gasteiger partial charge in [-0.1, -0.05) is 27.6 Å². The van der Waals surface area contributed by atoms with Crippen LogP contribution in [0.25, 0.3) is 10.9 Å². The summed E-state index contributed by atoms with van der Waals surface area (Å²) in [7, 11) is 0. The highest BCUT2D eigenvalue weighted by Gasteiger charge is 2.07. The lowest BCUT2D eigenvalue weighted by atomic mass is 10.2. The highest BCUT2D eigenvalue weighted by atomic mass is 79.9. The maximum absolute atomic E-state index is 10.7. The Morgan fingerprint density at radius 2 is 2.24 bits per heavy atom. The van der Waals surface area contributed by atoms with E-state index >= 15 is 0 Å². The molecule has 0 saturated heterocycles. The first-order chi connectivity index (χ1) is 9.97. The van der Waals surface area contributed by atoms with Crippen LogP contribution in [0.4, 0.5) is 4.79 Å². The van der Waals surface area contributed by atoms with Gasteiger partial charge in [-0.2, -0.15) is 5.10 Å². The molecule has 1 aromatic heterocycles. The number of allylic oxidation sites excluding steroid dienone is 2. The minimum Gasteiger partial charge on any atom is -0.350 e. The van der Waals surface area contributed by atoms with E-state index < -0.39 is 6.03 Å². The van der Waals surface area contributed by atoms with E-state index in [9.17, 15) is 4.79 Å². The van der Waals surface area contributed by atoms with E-state index in [-0.39, 0.29) is 0 Å². The van der Waals surface area contributed by atoms with E-state index in [0.717, 1.165) is 27.5 Å². The molecule has 2 amide bonds. The maximum Gasteiger partial charge on any atom is 0.332 e. The van der Waals surface area contributed by atoms with E-state index in [1.54, 1.807) is 6.21 Å². The van der Waals surface area contributed by atoms with Crippen molar-refractivity contribution < 1.29 is 4.79 Å². The monoisotopic (exact) mass is 348 g/mol. The summed E-state index contributed by atoms with van der Waals surface area (Å²) in [6.45, 7) is 4.93. The molecule has 1 aromatic carbocycles. The molecule has 6 heteroatoms. The Morgan fingerprint density at radius 1 is 1.48 bits per heavy atom. The number of benzene rings is 1. The molecule has 21 heavy (non-hydrogen) atoms. The Bertz CT molecular complexity index is 727. The Hall–Kier alpha value is -2.08. The van der Waals surface area contributed by atoms with Gasteiger partial charge in [-0.3, -0.25) is 0 Å². The molecule has 2 aromatic rings. The summed E-state index contributed by atoms with van der Waals surface area (Å²) in [5, 5.41) is 4.89. The van der Waals surface area contributed by atoms with Gasteiger partial charge in [0.25, 0.3) is 0 Å². The van der Waals surface area contributed by atoms with Gasteiger partial charge in [0, 0.05) is 33.7 Å². The molecule has 0 aliphatic rings. The van der Waals surface area contributed by atoms with Crippen molar-refractivity contribution in [2.45, 2.75) is 20.4 Å². The number of hydrogen-bond acceptors (Lipinski definition) is 2. The molecule has 0 unspecified atom stereocenters. The fraction of sp³-hybridized carbons (Fsp3) is 0.200. The largest absolute Gasteiger partial charge is 0.350 e. The van der Waals surface area contributed by atoms with Crippen molar-refractivity contribution >= 4 is 39.1 Å². The van der Waals surface area contributed by atoms with Crippen LogP contribution in [0, 0.1) is 0 Å². The van der Waals surface area contributed by atoms with Gasteiger partial charge in [0.1, 0.15) is 0 Å². The number of amides is 2. The second-order valence-electron chi connectivity index (χ2n) is 4.91. The number of urea groups is 1. The zero-order chi connectivity index (χ0) is 15.4. The molecule has 3 N–H and O–H groups in total. The topological polar surface area (TPSA) is 72.4 Å². The van der Waals surface area contributed by atoms with Crippen LogP contribution in [0.15, 0.2) is 45.6 Å². The number of rotatable bonds is 4. The number of fused-ring (bicyclic) bond motifs is 1. The van der Waals surface area contributed by atoms with Crippen molar-refractivity contribution in [3.8, 4) is 0 Å². The normalized spacial score (nSPS) is 11.0. The Kier molecular flexibility index (Phi) is 4.80. The summed E-state index contributed by atoms with van der Waals surface area (Å²) in [4.78, 5) is 10.7. The molecule has 0 aliphatic heterocycles. The third-order valence-electron chi connectivity index (χ3n) is 2.95. The number of nitrogens with two attached hydrogens (primary N) is 1. The average Bonchev–Trinajstić information content (AvgIpc) is 2.74. The number of nitrogens with zero attached hydrogens (tertiary/aromatic N) is 2. The van der Waals surface area contributed by atoms with Crippen LogP contribution in [0.3, 0.4) is 0 Å². The smallest absolute Gasteiger partial charge is 0.332 e. The highest BCUT2D eigenvalue weighted by molar-refractivity contribution is 9.10. The van der Waals surface area contributed by atoms with Crippen molar-refractivity contribution in [2.75, 3.05) is 0 Å². The second-order valence-corrected chi connectivity index (χ2v) is 5.83. The highest BCUT2D eigenvalue weighted by Crippen LogP contribution is 2.24. The second kappa shape index (κ2) is 6.58. The van der Waals surface area contributed by atoms with Crippen LogP contribution < -0.4 is 11.2 Å². The molecule has 0 fully saturated rings. The van der Waals surface area contributed by atoms with E-state index in [2.05, 4.69) is 57.0 Å². The van der Waals surface area contributed by atoms with Gasteiger partial charge in [-0.05, 0) is 32.0 Å². The number of carbonyl (C=O) groups is 1. The lowest BCUT2D eigenvalue weighted by Gasteiger charge is -2.01. The Labute approximate surface area is 131 Å². The van der Waals surface area contributed by atoms with Crippen molar-refractivity contribution in [1.82, 2.24) is 9.99 Å². The number of hydrogen-bond donors (Lipinski definition) is 2. The van der Waals surface area contributed by atoms with E-state index in [4.69, 9.17) is 5.73 Å². The Morgan fingerprint density at radius 3 is 2.90 bits per heavy atom. The summed E-state index contributed by atoms with van der Waals surface area (Å²) < 4.78 is 3.13. The van der Waals surface area contributed by atoms with Gasteiger partial charge >= 0.3 is 6.03 Å². The SMILES string of the molecule is CC(C)=CCn1cc(/C=N\NC(N)=O)c2cc(Br)ccc21. The van der Waals surface area contributed by atoms with Crippen LogP contribution in [0.1, 0.15) is 19.4 Å². The molecule has 2 rings (SSSR count). The number of hydrazone groups is 1. The summed E-state index contributed by atoms with van der Waals surface area (Å²) in [5.74, 6) is 0. The molecule has 110 valence electrons. The average molecular weight is 349 g/mol. The molecule has 0 aliphatic carbocycles. The standard InChI is InChI=1S/C15H17BrN4O/c1-10(2)5-6-20-9-11(8-18-19-15(17)21)13-7-12(16)3-4-14(13)20/h3-5,7-9H,6H2,1-2H3,(H3,17,19,21)/b18-8-. The predicted octanol–water partition coefficient (Wildman–Crippen LogP) is 3.37. The van der Waals surface area contributed by atoms with E-state index in [1.165, 1.54) is 5.57 Å². The molecule has 0 atom stereocenters. The van der Waals surface area contributed by atoms with Crippen molar-refractivity contribution in [2.24, 2.45) is 10.8 Å². The number of aromatic nitrogens is 1. The van der Waals surface area contributed by atoms with Crippen LogP contribution in [-0.4, -0.2) is 16.8 Å². The first-order valence-corrected chi connectivity index (χ1v) is 7.27. The molecule has 0 bridgehead atoms. The number of carbonyl (C=O) groups excluding carboxylic acids is 1. The third-order valence-corrected chi connectivity index (χ3v) is 3.44. The third kappa shape index (κ3) is 3.95. The number of primary amides is 1. The van der Waals surface area contributed by atoms with Crippen LogP contribution >= 0.6 is 15.9 Å². The summed E-state index contributed by atoms with van der Waals surface area (Å²) in [6.07, 6.45) is 5.76. The number of halogens is 1. The van der Waals surface area contributed by atoms with Gasteiger partial charge in [0.15, 0.2) is 0 Å². The van der Waals surface area contributed by atoms with Crippen molar-refractivity contribution in [3.63, 3.8) is 0 Å². The molecule has 1 heterocycles. The summed E-state index contributed by atoms with van der Waals surface area (Å²) >= 11 is 3.47. The fourth-order valence-corrected chi connectivity index (χ4v) is 2.36. The lowest BCUT2D eigenvalue weighted by molar-refractivity contribution is 0.249. The van der Waals surface area contributed by atoms with Crippen LogP contribution in [0.2, 0.25) is 0 Å².